The number of hydrogen-bond acceptors (Lipinski definition) is 2. The van der Waals surface area contributed by atoms with E-state index in [1.54, 1.807) is 0 Å². The van der Waals surface area contributed by atoms with Crippen LogP contribution in [0.2, 0.25) is 0 Å². The first kappa shape index (κ1) is 13.3. The van der Waals surface area contributed by atoms with Crippen molar-refractivity contribution in [3.8, 4) is 0 Å². The third-order valence-corrected chi connectivity index (χ3v) is 2.86. The zero-order valence-corrected chi connectivity index (χ0v) is 10.8. The monoisotopic (exact) mass is 223 g/mol. The van der Waals surface area contributed by atoms with Crippen LogP contribution in [0.25, 0.3) is 0 Å². The van der Waals surface area contributed by atoms with Crippen LogP contribution in [0.4, 0.5) is 0 Å². The van der Waals surface area contributed by atoms with Crippen molar-refractivity contribution in [3.63, 3.8) is 0 Å². The van der Waals surface area contributed by atoms with Crippen LogP contribution in [-0.2, 0) is 4.74 Å². The molecule has 0 aromatic rings. The van der Waals surface area contributed by atoms with E-state index < -0.39 is 0 Å². The fraction of sp³-hybridized carbons (Fsp3) is 0.714. The molecule has 0 fully saturated rings. The van der Waals surface area contributed by atoms with Crippen molar-refractivity contribution in [2.45, 2.75) is 46.1 Å². The minimum absolute atomic E-state index is 0.283. The lowest BCUT2D eigenvalue weighted by Crippen LogP contribution is -2.22. The van der Waals surface area contributed by atoms with Gasteiger partial charge in [0.1, 0.15) is 6.10 Å². The van der Waals surface area contributed by atoms with Crippen LogP contribution >= 0.6 is 0 Å². The van der Waals surface area contributed by atoms with Crippen molar-refractivity contribution in [1.29, 1.82) is 0 Å². The summed E-state index contributed by atoms with van der Waals surface area (Å²) in [7, 11) is 0. The highest BCUT2D eigenvalue weighted by Crippen LogP contribution is 2.16. The van der Waals surface area contributed by atoms with Gasteiger partial charge in [0.05, 0.1) is 6.26 Å². The SMILES string of the molecule is CCCNCC(=CC1CCC=CO1)C(C)C. The molecule has 1 aliphatic heterocycles. The van der Waals surface area contributed by atoms with Crippen LogP contribution < -0.4 is 5.32 Å². The molecule has 2 heteroatoms. The van der Waals surface area contributed by atoms with Gasteiger partial charge in [0.25, 0.3) is 0 Å². The maximum absolute atomic E-state index is 5.58. The molecule has 0 aromatic heterocycles. The molecule has 1 unspecified atom stereocenters. The van der Waals surface area contributed by atoms with E-state index in [1.165, 1.54) is 12.0 Å². The number of allylic oxidation sites excluding steroid dienone is 1. The second-order valence-corrected chi connectivity index (χ2v) is 4.70. The lowest BCUT2D eigenvalue weighted by molar-refractivity contribution is 0.164. The molecule has 0 bridgehead atoms. The minimum atomic E-state index is 0.283. The standard InChI is InChI=1S/C14H25NO/c1-4-8-15-11-13(12(2)3)10-14-7-5-6-9-16-14/h6,9-10,12,14-15H,4-5,7-8,11H2,1-3H3. The summed E-state index contributed by atoms with van der Waals surface area (Å²) in [6.45, 7) is 8.78. The maximum atomic E-state index is 5.58. The maximum Gasteiger partial charge on any atom is 0.117 e. The van der Waals surface area contributed by atoms with Gasteiger partial charge in [-0.05, 0) is 43.9 Å². The minimum Gasteiger partial charge on any atom is -0.494 e. The first-order valence-corrected chi connectivity index (χ1v) is 6.45. The lowest BCUT2D eigenvalue weighted by atomic mass is 9.99. The first-order chi connectivity index (χ1) is 7.74. The van der Waals surface area contributed by atoms with Crippen molar-refractivity contribution < 1.29 is 4.74 Å². The zero-order chi connectivity index (χ0) is 11.8. The van der Waals surface area contributed by atoms with E-state index in [4.69, 9.17) is 4.74 Å². The fourth-order valence-electron chi connectivity index (χ4n) is 1.78. The van der Waals surface area contributed by atoms with E-state index in [9.17, 15) is 0 Å². The molecular formula is C14H25NO. The molecule has 16 heavy (non-hydrogen) atoms. The fourth-order valence-corrected chi connectivity index (χ4v) is 1.78. The third kappa shape index (κ3) is 4.84. The first-order valence-electron chi connectivity index (χ1n) is 6.45. The van der Waals surface area contributed by atoms with Crippen molar-refractivity contribution in [1.82, 2.24) is 5.32 Å². The van der Waals surface area contributed by atoms with Gasteiger partial charge in [-0.1, -0.05) is 26.3 Å². The van der Waals surface area contributed by atoms with E-state index in [1.807, 2.05) is 6.26 Å². The Bertz CT molecular complexity index is 243. The molecule has 0 aromatic carbocycles. The molecule has 1 aliphatic rings. The van der Waals surface area contributed by atoms with E-state index in [0.29, 0.717) is 5.92 Å². The van der Waals surface area contributed by atoms with Crippen LogP contribution in [0.1, 0.15) is 40.0 Å². The van der Waals surface area contributed by atoms with E-state index in [2.05, 4.69) is 38.2 Å². The Morgan fingerprint density at radius 1 is 1.56 bits per heavy atom. The van der Waals surface area contributed by atoms with Crippen LogP contribution in [0.5, 0.6) is 0 Å². The highest BCUT2D eigenvalue weighted by atomic mass is 16.5. The molecule has 0 saturated heterocycles. The summed E-state index contributed by atoms with van der Waals surface area (Å²) in [5.74, 6) is 0.596. The number of hydrogen-bond donors (Lipinski definition) is 1. The Morgan fingerprint density at radius 2 is 2.38 bits per heavy atom. The van der Waals surface area contributed by atoms with Gasteiger partial charge in [0, 0.05) is 6.54 Å². The van der Waals surface area contributed by atoms with E-state index >= 15 is 0 Å². The topological polar surface area (TPSA) is 21.3 Å². The Kier molecular flexibility index (Phi) is 6.24. The predicted molar refractivity (Wildman–Crippen MR) is 69.3 cm³/mol. The normalized spacial score (nSPS) is 21.2. The molecule has 2 nitrogen and oxygen atoms in total. The lowest BCUT2D eigenvalue weighted by Gasteiger charge is -2.20. The molecule has 0 amide bonds. The molecule has 0 radical (unpaired) electrons. The molecule has 1 heterocycles. The average Bonchev–Trinajstić information content (AvgIpc) is 2.29. The summed E-state index contributed by atoms with van der Waals surface area (Å²) in [5.41, 5.74) is 1.47. The number of rotatable bonds is 6. The Labute approximate surface area is 99.8 Å². The second kappa shape index (κ2) is 7.50. The van der Waals surface area contributed by atoms with Crippen molar-refractivity contribution in [3.05, 3.63) is 24.0 Å². The summed E-state index contributed by atoms with van der Waals surface area (Å²) in [6.07, 6.45) is 9.95. The predicted octanol–water partition coefficient (Wildman–Crippen LogP) is 3.26. The van der Waals surface area contributed by atoms with Gasteiger partial charge in [-0.25, -0.2) is 0 Å². The molecule has 0 aliphatic carbocycles. The third-order valence-electron chi connectivity index (χ3n) is 2.86. The second-order valence-electron chi connectivity index (χ2n) is 4.70. The van der Waals surface area contributed by atoms with Gasteiger partial charge in [0.15, 0.2) is 0 Å². The van der Waals surface area contributed by atoms with E-state index in [-0.39, 0.29) is 6.10 Å². The molecule has 0 saturated carbocycles. The highest BCUT2D eigenvalue weighted by molar-refractivity contribution is 5.11. The summed E-state index contributed by atoms with van der Waals surface area (Å²) >= 11 is 0. The van der Waals surface area contributed by atoms with Gasteiger partial charge in [-0.15, -0.1) is 0 Å². The van der Waals surface area contributed by atoms with Crippen LogP contribution in [-0.4, -0.2) is 19.2 Å². The van der Waals surface area contributed by atoms with Crippen LogP contribution in [0.15, 0.2) is 24.0 Å². The molecular weight excluding hydrogens is 198 g/mol. The van der Waals surface area contributed by atoms with Gasteiger partial charge in [-0.3, -0.25) is 0 Å². The summed E-state index contributed by atoms with van der Waals surface area (Å²) in [5, 5.41) is 3.46. The van der Waals surface area contributed by atoms with Gasteiger partial charge >= 0.3 is 0 Å². The van der Waals surface area contributed by atoms with Gasteiger partial charge < -0.3 is 10.1 Å². The quantitative estimate of drug-likeness (QED) is 0.551. The summed E-state index contributed by atoms with van der Waals surface area (Å²) < 4.78 is 5.58. The van der Waals surface area contributed by atoms with Crippen molar-refractivity contribution in [2.24, 2.45) is 5.92 Å². The van der Waals surface area contributed by atoms with E-state index in [0.717, 1.165) is 25.9 Å². The van der Waals surface area contributed by atoms with Crippen molar-refractivity contribution >= 4 is 0 Å². The van der Waals surface area contributed by atoms with Crippen LogP contribution in [0, 0.1) is 5.92 Å². The summed E-state index contributed by atoms with van der Waals surface area (Å²) in [6, 6.07) is 0. The average molecular weight is 223 g/mol. The molecule has 1 rings (SSSR count). The van der Waals surface area contributed by atoms with Gasteiger partial charge in [0.2, 0.25) is 0 Å². The largest absolute Gasteiger partial charge is 0.494 e. The highest BCUT2D eigenvalue weighted by Gasteiger charge is 2.11. The molecule has 1 N–H and O–H groups in total. The molecule has 0 spiro atoms. The smallest absolute Gasteiger partial charge is 0.117 e. The zero-order valence-electron chi connectivity index (χ0n) is 10.8. The number of ether oxygens (including phenoxy) is 1. The Morgan fingerprint density at radius 3 is 2.94 bits per heavy atom. The molecule has 92 valence electrons. The Hall–Kier alpha value is -0.760. The van der Waals surface area contributed by atoms with Gasteiger partial charge in [-0.2, -0.15) is 0 Å². The van der Waals surface area contributed by atoms with Crippen LogP contribution in [0.3, 0.4) is 0 Å². The Balaban J connectivity index is 2.47. The molecule has 1 atom stereocenters. The number of nitrogens with one attached hydrogen (secondary N) is 1. The van der Waals surface area contributed by atoms with Crippen molar-refractivity contribution in [2.75, 3.05) is 13.1 Å². The summed E-state index contributed by atoms with van der Waals surface area (Å²) in [4.78, 5) is 0.